The third-order valence-electron chi connectivity index (χ3n) is 6.22. The fourth-order valence-electron chi connectivity index (χ4n) is 4.41. The van der Waals surface area contributed by atoms with Gasteiger partial charge < -0.3 is 10.4 Å². The van der Waals surface area contributed by atoms with E-state index in [0.717, 1.165) is 40.7 Å². The van der Waals surface area contributed by atoms with Gasteiger partial charge in [-0.25, -0.2) is 13.1 Å². The van der Waals surface area contributed by atoms with Gasteiger partial charge in [-0.05, 0) is 81.8 Å². The van der Waals surface area contributed by atoms with Gasteiger partial charge in [0.15, 0.2) is 0 Å². The summed E-state index contributed by atoms with van der Waals surface area (Å²) in [6.45, 7) is 4.98. The van der Waals surface area contributed by atoms with Crippen molar-refractivity contribution in [2.45, 2.75) is 68.9 Å². The minimum absolute atomic E-state index is 0.00733. The Morgan fingerprint density at radius 1 is 1.15 bits per heavy atom. The molecule has 1 aromatic carbocycles. The number of hydrogen-bond donors (Lipinski definition) is 3. The van der Waals surface area contributed by atoms with E-state index < -0.39 is 15.6 Å². The van der Waals surface area contributed by atoms with Crippen molar-refractivity contribution >= 4 is 26.6 Å². The van der Waals surface area contributed by atoms with Gasteiger partial charge in [0.25, 0.3) is 0 Å². The van der Waals surface area contributed by atoms with E-state index in [-0.39, 0.29) is 12.6 Å². The van der Waals surface area contributed by atoms with E-state index in [2.05, 4.69) is 31.3 Å². The van der Waals surface area contributed by atoms with E-state index in [0.29, 0.717) is 34.9 Å². The number of benzene rings is 1. The van der Waals surface area contributed by atoms with E-state index in [1.807, 2.05) is 25.1 Å². The lowest BCUT2D eigenvalue weighted by atomic mass is 10.0. The molecule has 1 unspecified atom stereocenters. The largest absolute Gasteiger partial charge is 0.389 e. The van der Waals surface area contributed by atoms with Crippen LogP contribution in [0.2, 0.25) is 0 Å². The number of hydrogen-bond acceptors (Lipinski definition) is 7. The van der Waals surface area contributed by atoms with Crippen LogP contribution in [0, 0.1) is 6.92 Å². The Hall–Kier alpha value is -2.62. The molecule has 0 bridgehead atoms. The molecule has 3 N–H and O–H groups in total. The predicted octanol–water partition coefficient (Wildman–Crippen LogP) is 2.84. The Balaban J connectivity index is 1.56. The fraction of sp³-hybridized carbons (Fsp3) is 0.458. The minimum Gasteiger partial charge on any atom is -0.389 e. The Morgan fingerprint density at radius 3 is 2.61 bits per heavy atom. The van der Waals surface area contributed by atoms with Crippen molar-refractivity contribution in [1.82, 2.24) is 19.9 Å². The van der Waals surface area contributed by atoms with Gasteiger partial charge in [0.1, 0.15) is 5.82 Å². The van der Waals surface area contributed by atoms with E-state index in [4.69, 9.17) is 0 Å². The molecule has 174 valence electrons. The predicted molar refractivity (Wildman–Crippen MR) is 127 cm³/mol. The van der Waals surface area contributed by atoms with Crippen molar-refractivity contribution in [3.05, 3.63) is 53.0 Å². The van der Waals surface area contributed by atoms with Crippen LogP contribution in [0.1, 0.15) is 55.1 Å². The number of aryl methyl sites for hydroxylation is 1. The summed E-state index contributed by atoms with van der Waals surface area (Å²) in [6.07, 6.45) is 5.21. The summed E-state index contributed by atoms with van der Waals surface area (Å²) in [5.41, 5.74) is 2.44. The van der Waals surface area contributed by atoms with Gasteiger partial charge in [-0.3, -0.25) is 4.98 Å². The zero-order chi connectivity index (χ0) is 23.4. The Kier molecular flexibility index (Phi) is 5.38. The summed E-state index contributed by atoms with van der Waals surface area (Å²) in [5.74, 6) is 1.09. The molecule has 0 aliphatic heterocycles. The quantitative estimate of drug-likeness (QED) is 0.489. The van der Waals surface area contributed by atoms with E-state index in [1.165, 1.54) is 0 Å². The number of nitrogens with zero attached hydrogens (tertiary/aromatic N) is 3. The summed E-state index contributed by atoms with van der Waals surface area (Å²) in [4.78, 5) is 4.92. The van der Waals surface area contributed by atoms with Crippen LogP contribution in [0.25, 0.3) is 10.8 Å². The van der Waals surface area contributed by atoms with Crippen molar-refractivity contribution in [3.63, 3.8) is 0 Å². The van der Waals surface area contributed by atoms with Crippen molar-refractivity contribution in [2.75, 3.05) is 11.9 Å². The van der Waals surface area contributed by atoms with Crippen LogP contribution < -0.4 is 10.0 Å². The van der Waals surface area contributed by atoms with Crippen LogP contribution in [0.3, 0.4) is 0 Å². The molecule has 33 heavy (non-hydrogen) atoms. The zero-order valence-electron chi connectivity index (χ0n) is 19.1. The van der Waals surface area contributed by atoms with Crippen LogP contribution in [0.4, 0.5) is 5.82 Å². The van der Waals surface area contributed by atoms with Gasteiger partial charge in [-0.2, -0.15) is 5.10 Å². The minimum atomic E-state index is -3.86. The van der Waals surface area contributed by atoms with E-state index in [1.54, 1.807) is 20.0 Å². The van der Waals surface area contributed by atoms with Gasteiger partial charge >= 0.3 is 0 Å². The van der Waals surface area contributed by atoms with Crippen LogP contribution in [-0.4, -0.2) is 46.9 Å². The lowest BCUT2D eigenvalue weighted by molar-refractivity contribution is 0.0857. The van der Waals surface area contributed by atoms with Crippen molar-refractivity contribution in [2.24, 2.45) is 0 Å². The maximum atomic E-state index is 13.6. The van der Waals surface area contributed by atoms with Gasteiger partial charge in [-0.15, -0.1) is 5.10 Å². The Labute approximate surface area is 193 Å². The van der Waals surface area contributed by atoms with Gasteiger partial charge in [0.05, 0.1) is 16.2 Å². The smallest absolute Gasteiger partial charge is 0.241 e. The normalized spacial score (nSPS) is 18.5. The molecule has 0 amide bonds. The van der Waals surface area contributed by atoms with Crippen LogP contribution in [-0.2, 0) is 22.9 Å². The first-order valence-electron chi connectivity index (χ1n) is 11.3. The first-order valence-corrected chi connectivity index (χ1v) is 12.8. The molecule has 2 aliphatic carbocycles. The number of anilines is 1. The lowest BCUT2D eigenvalue weighted by Gasteiger charge is -2.20. The second-order valence-corrected chi connectivity index (χ2v) is 11.6. The molecule has 0 saturated heterocycles. The summed E-state index contributed by atoms with van der Waals surface area (Å²) in [5, 5.41) is 23.3. The van der Waals surface area contributed by atoms with E-state index >= 15 is 0 Å². The van der Waals surface area contributed by atoms with E-state index in [9.17, 15) is 13.5 Å². The molecule has 1 fully saturated rings. The van der Waals surface area contributed by atoms with Gasteiger partial charge in [0, 0.05) is 41.2 Å². The number of rotatable bonds is 7. The molecule has 2 aromatic heterocycles. The molecule has 1 saturated carbocycles. The fourth-order valence-corrected chi connectivity index (χ4v) is 6.10. The molecule has 8 nitrogen and oxygen atoms in total. The number of nitrogens with one attached hydrogen (secondary N) is 2. The number of fused-ring (bicyclic) bond motifs is 2. The van der Waals surface area contributed by atoms with Gasteiger partial charge in [0.2, 0.25) is 10.0 Å². The molecule has 1 atom stereocenters. The highest BCUT2D eigenvalue weighted by Gasteiger charge is 2.33. The molecule has 3 aromatic rings. The highest BCUT2D eigenvalue weighted by atomic mass is 32.2. The number of aliphatic hydroxyl groups is 1. The molecule has 2 aliphatic rings. The molecule has 2 heterocycles. The third-order valence-corrected chi connectivity index (χ3v) is 7.75. The molecule has 5 rings (SSSR count). The number of sulfonamides is 1. The summed E-state index contributed by atoms with van der Waals surface area (Å²) < 4.78 is 29.8. The van der Waals surface area contributed by atoms with Crippen LogP contribution in [0.15, 0.2) is 35.4 Å². The maximum Gasteiger partial charge on any atom is 0.241 e. The van der Waals surface area contributed by atoms with Crippen molar-refractivity contribution in [1.29, 1.82) is 0 Å². The summed E-state index contributed by atoms with van der Waals surface area (Å²) in [7, 11) is -3.86. The molecule has 0 spiro atoms. The lowest BCUT2D eigenvalue weighted by Crippen LogP contribution is -2.38. The average molecular weight is 468 g/mol. The molecule has 9 heteroatoms. The molecular weight excluding hydrogens is 438 g/mol. The Morgan fingerprint density at radius 2 is 1.94 bits per heavy atom. The number of pyridine rings is 1. The van der Waals surface area contributed by atoms with Crippen LogP contribution in [0.5, 0.6) is 0 Å². The van der Waals surface area contributed by atoms with Crippen molar-refractivity contribution in [3.8, 4) is 0 Å². The molecular formula is C24H29N5O3S. The second-order valence-electron chi connectivity index (χ2n) is 9.89. The first kappa shape index (κ1) is 22.2. The summed E-state index contributed by atoms with van der Waals surface area (Å²) >= 11 is 0. The standard InChI is InChI=1S/C24H29N5O3S/c1-14-4-7-22(29-28-14)27-18-9-16-8-17-12-25-21(15-5-6-15)11-20(17)23(19(16)10-18)33(31,32)26-13-24(2,3)30/h4,7-8,11-12,15,18,26,30H,5-6,9-10,13H2,1-3H3,(H,27,29). The zero-order valence-corrected chi connectivity index (χ0v) is 19.9. The Bertz CT molecular complexity index is 1310. The second kappa shape index (κ2) is 8.00. The number of aromatic nitrogens is 3. The van der Waals surface area contributed by atoms with Gasteiger partial charge in [-0.1, -0.05) is 0 Å². The SMILES string of the molecule is Cc1ccc(NC2Cc3cc4cnc(C5CC5)cc4c(S(=O)(=O)NCC(C)(C)O)c3C2)nn1. The highest BCUT2D eigenvalue weighted by Crippen LogP contribution is 2.42. The molecule has 0 radical (unpaired) electrons. The average Bonchev–Trinajstić information content (AvgIpc) is 3.52. The monoisotopic (exact) mass is 467 g/mol. The summed E-state index contributed by atoms with van der Waals surface area (Å²) in [6, 6.07) is 7.79. The third kappa shape index (κ3) is 4.71. The highest BCUT2D eigenvalue weighted by molar-refractivity contribution is 7.89. The topological polar surface area (TPSA) is 117 Å². The van der Waals surface area contributed by atoms with Crippen molar-refractivity contribution < 1.29 is 13.5 Å². The maximum absolute atomic E-state index is 13.6. The van der Waals surface area contributed by atoms with Crippen LogP contribution >= 0.6 is 0 Å². The first-order chi connectivity index (χ1) is 15.6.